The van der Waals surface area contributed by atoms with Crippen molar-refractivity contribution in [2.75, 3.05) is 5.32 Å². The Morgan fingerprint density at radius 2 is 1.75 bits per heavy atom. The molecule has 2 aromatic carbocycles. The SMILES string of the molecule is CCCC(=O)Nc1ccc(C(=O)NN=Cc2ccc(F)cc2)cc1. The molecule has 0 aliphatic carbocycles. The number of anilines is 1. The Bertz CT molecular complexity index is 725. The van der Waals surface area contributed by atoms with Crippen molar-refractivity contribution < 1.29 is 14.0 Å². The Kier molecular flexibility index (Phi) is 6.19. The van der Waals surface area contributed by atoms with Crippen LogP contribution in [0.3, 0.4) is 0 Å². The van der Waals surface area contributed by atoms with E-state index in [1.54, 1.807) is 36.4 Å². The van der Waals surface area contributed by atoms with Gasteiger partial charge in [-0.25, -0.2) is 9.82 Å². The van der Waals surface area contributed by atoms with Crippen molar-refractivity contribution in [1.29, 1.82) is 0 Å². The number of rotatable bonds is 6. The molecule has 24 heavy (non-hydrogen) atoms. The summed E-state index contributed by atoms with van der Waals surface area (Å²) in [6.07, 6.45) is 2.66. The molecule has 0 unspecified atom stereocenters. The number of carbonyl (C=O) groups excluding carboxylic acids is 2. The van der Waals surface area contributed by atoms with Crippen molar-refractivity contribution in [2.45, 2.75) is 19.8 Å². The molecule has 124 valence electrons. The second-order valence-corrected chi connectivity index (χ2v) is 5.13. The van der Waals surface area contributed by atoms with Crippen molar-refractivity contribution >= 4 is 23.7 Å². The molecule has 2 aromatic rings. The van der Waals surface area contributed by atoms with E-state index >= 15 is 0 Å². The number of benzene rings is 2. The minimum absolute atomic E-state index is 0.0569. The van der Waals surface area contributed by atoms with E-state index in [4.69, 9.17) is 0 Å². The maximum absolute atomic E-state index is 12.8. The first-order valence-electron chi connectivity index (χ1n) is 7.57. The zero-order valence-electron chi connectivity index (χ0n) is 13.3. The molecule has 0 aliphatic rings. The van der Waals surface area contributed by atoms with Crippen LogP contribution >= 0.6 is 0 Å². The van der Waals surface area contributed by atoms with Crippen LogP contribution in [0.2, 0.25) is 0 Å². The summed E-state index contributed by atoms with van der Waals surface area (Å²) in [6, 6.07) is 12.3. The number of carbonyl (C=O) groups is 2. The van der Waals surface area contributed by atoms with Crippen LogP contribution in [0.5, 0.6) is 0 Å². The van der Waals surface area contributed by atoms with E-state index in [9.17, 15) is 14.0 Å². The largest absolute Gasteiger partial charge is 0.326 e. The summed E-state index contributed by atoms with van der Waals surface area (Å²) in [4.78, 5) is 23.4. The van der Waals surface area contributed by atoms with Crippen LogP contribution in [0.15, 0.2) is 53.6 Å². The molecule has 0 aliphatic heterocycles. The second kappa shape index (κ2) is 8.57. The van der Waals surface area contributed by atoms with Gasteiger partial charge < -0.3 is 5.32 Å². The first kappa shape index (κ1) is 17.3. The molecule has 2 N–H and O–H groups in total. The Labute approximate surface area is 139 Å². The van der Waals surface area contributed by atoms with Crippen molar-refractivity contribution in [2.24, 2.45) is 5.10 Å². The van der Waals surface area contributed by atoms with Gasteiger partial charge in [0.25, 0.3) is 5.91 Å². The van der Waals surface area contributed by atoms with Crippen molar-refractivity contribution in [3.05, 3.63) is 65.5 Å². The maximum Gasteiger partial charge on any atom is 0.271 e. The lowest BCUT2D eigenvalue weighted by Crippen LogP contribution is -2.17. The molecule has 0 atom stereocenters. The normalized spacial score (nSPS) is 10.6. The molecule has 0 heterocycles. The number of amides is 2. The number of nitrogens with one attached hydrogen (secondary N) is 2. The highest BCUT2D eigenvalue weighted by molar-refractivity contribution is 5.96. The number of nitrogens with zero attached hydrogens (tertiary/aromatic N) is 1. The highest BCUT2D eigenvalue weighted by atomic mass is 19.1. The van der Waals surface area contributed by atoms with Gasteiger partial charge in [-0.05, 0) is 48.4 Å². The van der Waals surface area contributed by atoms with E-state index in [1.807, 2.05) is 6.92 Å². The van der Waals surface area contributed by atoms with Crippen LogP contribution in [0.4, 0.5) is 10.1 Å². The molecule has 6 heteroatoms. The van der Waals surface area contributed by atoms with Crippen LogP contribution in [0.25, 0.3) is 0 Å². The number of hydrazone groups is 1. The molecular weight excluding hydrogens is 309 g/mol. The first-order valence-corrected chi connectivity index (χ1v) is 7.57. The van der Waals surface area contributed by atoms with Gasteiger partial charge in [0.15, 0.2) is 0 Å². The van der Waals surface area contributed by atoms with Gasteiger partial charge in [0.1, 0.15) is 5.82 Å². The summed E-state index contributed by atoms with van der Waals surface area (Å²) in [5.41, 5.74) is 4.12. The number of halogens is 1. The van der Waals surface area contributed by atoms with Gasteiger partial charge >= 0.3 is 0 Å². The van der Waals surface area contributed by atoms with Crippen LogP contribution < -0.4 is 10.7 Å². The lowest BCUT2D eigenvalue weighted by Gasteiger charge is -2.05. The fourth-order valence-corrected chi connectivity index (χ4v) is 1.93. The number of hydrogen-bond acceptors (Lipinski definition) is 3. The highest BCUT2D eigenvalue weighted by Crippen LogP contribution is 2.10. The summed E-state index contributed by atoms with van der Waals surface area (Å²) in [5, 5.41) is 6.57. The quantitative estimate of drug-likeness (QED) is 0.631. The third-order valence-corrected chi connectivity index (χ3v) is 3.16. The molecule has 0 saturated heterocycles. The predicted molar refractivity (Wildman–Crippen MR) is 91.4 cm³/mol. The fraction of sp³-hybridized carbons (Fsp3) is 0.167. The van der Waals surface area contributed by atoms with E-state index in [2.05, 4.69) is 15.8 Å². The van der Waals surface area contributed by atoms with Gasteiger partial charge in [0.05, 0.1) is 6.21 Å². The van der Waals surface area contributed by atoms with Crippen LogP contribution in [0.1, 0.15) is 35.7 Å². The maximum atomic E-state index is 12.8. The molecule has 0 bridgehead atoms. The molecule has 5 nitrogen and oxygen atoms in total. The van der Waals surface area contributed by atoms with Crippen LogP contribution in [-0.2, 0) is 4.79 Å². The van der Waals surface area contributed by atoms with Gasteiger partial charge in [-0.3, -0.25) is 9.59 Å². The molecule has 0 radical (unpaired) electrons. The van der Waals surface area contributed by atoms with Gasteiger partial charge in [-0.1, -0.05) is 19.1 Å². The molecule has 2 rings (SSSR count). The Balaban J connectivity index is 1.90. The summed E-state index contributed by atoms with van der Waals surface area (Å²) in [5.74, 6) is -0.763. The van der Waals surface area contributed by atoms with E-state index in [0.29, 0.717) is 23.2 Å². The zero-order valence-corrected chi connectivity index (χ0v) is 13.3. The second-order valence-electron chi connectivity index (χ2n) is 5.13. The summed E-state index contributed by atoms with van der Waals surface area (Å²) < 4.78 is 12.8. The molecule has 0 aromatic heterocycles. The predicted octanol–water partition coefficient (Wildman–Crippen LogP) is 3.33. The smallest absolute Gasteiger partial charge is 0.271 e. The third kappa shape index (κ3) is 5.31. The molecule has 2 amide bonds. The van der Waals surface area contributed by atoms with Crippen LogP contribution in [0, 0.1) is 5.82 Å². The topological polar surface area (TPSA) is 70.6 Å². The Morgan fingerprint density at radius 1 is 1.08 bits per heavy atom. The molecule has 0 fully saturated rings. The van der Waals surface area contributed by atoms with E-state index in [1.165, 1.54) is 18.3 Å². The molecule has 0 spiro atoms. The minimum atomic E-state index is -0.375. The molecule has 0 saturated carbocycles. The van der Waals surface area contributed by atoms with Gasteiger partial charge in [-0.15, -0.1) is 0 Å². The van der Waals surface area contributed by atoms with Crippen molar-refractivity contribution in [1.82, 2.24) is 5.43 Å². The van der Waals surface area contributed by atoms with Crippen LogP contribution in [-0.4, -0.2) is 18.0 Å². The Morgan fingerprint density at radius 3 is 2.38 bits per heavy atom. The van der Waals surface area contributed by atoms with E-state index in [0.717, 1.165) is 6.42 Å². The highest BCUT2D eigenvalue weighted by Gasteiger charge is 2.05. The summed E-state index contributed by atoms with van der Waals surface area (Å²) >= 11 is 0. The fourth-order valence-electron chi connectivity index (χ4n) is 1.93. The molecular formula is C18H18FN3O2. The lowest BCUT2D eigenvalue weighted by molar-refractivity contribution is -0.116. The average Bonchev–Trinajstić information content (AvgIpc) is 2.57. The van der Waals surface area contributed by atoms with E-state index < -0.39 is 0 Å². The standard InChI is InChI=1S/C18H18FN3O2/c1-2-3-17(23)21-16-10-6-14(7-11-16)18(24)22-20-12-13-4-8-15(19)9-5-13/h4-12H,2-3H2,1H3,(H,21,23)(H,22,24). The zero-order chi connectivity index (χ0) is 17.4. The third-order valence-electron chi connectivity index (χ3n) is 3.16. The first-order chi connectivity index (χ1) is 11.6. The minimum Gasteiger partial charge on any atom is -0.326 e. The van der Waals surface area contributed by atoms with Gasteiger partial charge in [0.2, 0.25) is 5.91 Å². The monoisotopic (exact) mass is 327 g/mol. The summed E-state index contributed by atoms with van der Waals surface area (Å²) in [7, 11) is 0. The Hall–Kier alpha value is -3.02. The van der Waals surface area contributed by atoms with Gasteiger partial charge in [0, 0.05) is 17.7 Å². The summed E-state index contributed by atoms with van der Waals surface area (Å²) in [6.45, 7) is 1.93. The van der Waals surface area contributed by atoms with E-state index in [-0.39, 0.29) is 17.6 Å². The van der Waals surface area contributed by atoms with Crippen molar-refractivity contribution in [3.8, 4) is 0 Å². The van der Waals surface area contributed by atoms with Gasteiger partial charge in [-0.2, -0.15) is 5.10 Å². The lowest BCUT2D eigenvalue weighted by atomic mass is 10.2. The number of hydrogen-bond donors (Lipinski definition) is 2. The van der Waals surface area contributed by atoms with Crippen molar-refractivity contribution in [3.63, 3.8) is 0 Å². The average molecular weight is 327 g/mol.